The number of benzene rings is 3. The van der Waals surface area contributed by atoms with E-state index in [9.17, 15) is 14.7 Å². The van der Waals surface area contributed by atoms with Crippen molar-refractivity contribution in [2.24, 2.45) is 23.7 Å². The van der Waals surface area contributed by atoms with Gasteiger partial charge in [-0.05, 0) is 173 Å². The number of carboxylic acids is 1. The average Bonchev–Trinajstić information content (AvgIpc) is 3.39. The van der Waals surface area contributed by atoms with E-state index in [0.717, 1.165) is 90.0 Å². The predicted octanol–water partition coefficient (Wildman–Crippen LogP) is 10.7. The quantitative estimate of drug-likeness (QED) is 0.101. The molecule has 0 aliphatic heterocycles. The lowest BCUT2D eigenvalue weighted by Crippen LogP contribution is -2.28. The molecule has 54 heavy (non-hydrogen) atoms. The largest absolute Gasteiger partial charge is 0.478 e. The molecule has 0 spiro atoms. The van der Waals surface area contributed by atoms with E-state index in [1.165, 1.54) is 31.3 Å². The summed E-state index contributed by atoms with van der Waals surface area (Å²) in [7, 11) is 1.35. The fraction of sp³-hybridized carbons (Fsp3) is 0.417. The van der Waals surface area contributed by atoms with Gasteiger partial charge in [0.05, 0.1) is 18.3 Å². The lowest BCUT2D eigenvalue weighted by atomic mass is 9.67. The highest BCUT2D eigenvalue weighted by Gasteiger charge is 2.48. The smallest absolute Gasteiger partial charge is 0.338 e. The fourth-order valence-electron chi connectivity index (χ4n) is 9.57. The number of carboxylic acid groups (broad SMARTS) is 1. The second kappa shape index (κ2) is 17.1. The van der Waals surface area contributed by atoms with Gasteiger partial charge in [-0.25, -0.2) is 9.59 Å². The Morgan fingerprint density at radius 3 is 1.69 bits per heavy atom. The van der Waals surface area contributed by atoms with Crippen LogP contribution in [0.15, 0.2) is 71.3 Å². The van der Waals surface area contributed by atoms with Gasteiger partial charge in [0.2, 0.25) is 0 Å². The number of methoxy groups -OCH3 is 1. The molecule has 284 valence electrons. The minimum Gasteiger partial charge on any atom is -0.478 e. The molecular formula is C48H58N2O4. The highest BCUT2D eigenvalue weighted by atomic mass is 16.5. The number of anilines is 2. The van der Waals surface area contributed by atoms with Crippen molar-refractivity contribution in [3.05, 3.63) is 110 Å². The second-order valence-corrected chi connectivity index (χ2v) is 15.4. The Morgan fingerprint density at radius 2 is 1.22 bits per heavy atom. The number of nitrogens with zero attached hydrogens (tertiary/aromatic N) is 2. The molecule has 6 heteroatoms. The molecule has 3 aliphatic carbocycles. The molecule has 0 amide bonds. The van der Waals surface area contributed by atoms with Crippen LogP contribution in [0.4, 0.5) is 11.4 Å². The van der Waals surface area contributed by atoms with Crippen LogP contribution in [0, 0.1) is 37.5 Å². The normalized spacial score (nSPS) is 21.6. The van der Waals surface area contributed by atoms with Gasteiger partial charge in [-0.3, -0.25) is 0 Å². The molecule has 3 saturated carbocycles. The summed E-state index contributed by atoms with van der Waals surface area (Å²) in [6, 6.07) is 19.4. The van der Waals surface area contributed by atoms with Crippen molar-refractivity contribution in [2.45, 2.75) is 73.6 Å². The molecule has 0 saturated heterocycles. The zero-order valence-corrected chi connectivity index (χ0v) is 33.3. The van der Waals surface area contributed by atoms with Crippen LogP contribution >= 0.6 is 0 Å². The van der Waals surface area contributed by atoms with Gasteiger partial charge >= 0.3 is 11.9 Å². The number of fused-ring (bicyclic) bond motifs is 2. The van der Waals surface area contributed by atoms with E-state index in [1.807, 2.05) is 0 Å². The van der Waals surface area contributed by atoms with E-state index in [2.05, 4.69) is 130 Å². The van der Waals surface area contributed by atoms with Crippen molar-refractivity contribution in [2.75, 3.05) is 43.1 Å². The van der Waals surface area contributed by atoms with E-state index in [0.29, 0.717) is 17.8 Å². The zero-order valence-electron chi connectivity index (χ0n) is 33.3. The molecule has 4 atom stereocenters. The first-order valence-corrected chi connectivity index (χ1v) is 20.1. The monoisotopic (exact) mass is 726 g/mol. The van der Waals surface area contributed by atoms with Crippen molar-refractivity contribution < 1.29 is 19.4 Å². The number of aliphatic carboxylic acids is 1. The van der Waals surface area contributed by atoms with Gasteiger partial charge in [0.25, 0.3) is 0 Å². The predicted molar refractivity (Wildman–Crippen MR) is 225 cm³/mol. The molecule has 0 radical (unpaired) electrons. The molecule has 6 nitrogen and oxygen atoms in total. The maximum atomic E-state index is 13.7. The highest BCUT2D eigenvalue weighted by molar-refractivity contribution is 6.10. The van der Waals surface area contributed by atoms with E-state index in [1.54, 1.807) is 6.08 Å². The molecule has 1 N–H and O–H groups in total. The van der Waals surface area contributed by atoms with Gasteiger partial charge in [0, 0.05) is 37.6 Å². The Kier molecular flexibility index (Phi) is 12.3. The number of ether oxygens (including phenoxy) is 1. The summed E-state index contributed by atoms with van der Waals surface area (Å²) in [6.45, 7) is 16.6. The Balaban J connectivity index is 1.46. The molecular weight excluding hydrogens is 669 g/mol. The van der Waals surface area contributed by atoms with Gasteiger partial charge in [0.1, 0.15) is 0 Å². The molecule has 0 aromatic heterocycles. The standard InChI is InChI=1S/C48H58N2O4/c1-8-49(9-2)41-20-14-33(15-21-41)12-18-36-27-37(19-13-34-16-22-42(23-17-34)50(10-3)11-4)32(6)43(31(36)5)30-45(48(53)54-7)46(47(51)52)44-29-39-25-35-24-38(39)28-40(44)26-35/h12-23,27,30,35,38-40H,8-11,24-26,28-29H2,1-7H3,(H,51,52)/b18-12+,19-13+,45-30+,46-44-. The van der Waals surface area contributed by atoms with Crippen LogP contribution in [-0.4, -0.2) is 50.3 Å². The first-order chi connectivity index (χ1) is 26.1. The van der Waals surface area contributed by atoms with E-state index in [4.69, 9.17) is 4.74 Å². The molecule has 3 aliphatic rings. The second-order valence-electron chi connectivity index (χ2n) is 15.4. The molecule has 3 fully saturated rings. The van der Waals surface area contributed by atoms with Gasteiger partial charge < -0.3 is 19.6 Å². The van der Waals surface area contributed by atoms with E-state index >= 15 is 0 Å². The number of rotatable bonds is 14. The number of hydrogen-bond acceptors (Lipinski definition) is 5. The summed E-state index contributed by atoms with van der Waals surface area (Å²) in [5.74, 6) is 0.415. The van der Waals surface area contributed by atoms with Crippen LogP contribution in [0.1, 0.15) is 98.7 Å². The maximum absolute atomic E-state index is 13.7. The van der Waals surface area contributed by atoms with Gasteiger partial charge in [-0.2, -0.15) is 0 Å². The van der Waals surface area contributed by atoms with Crippen LogP contribution in [0.5, 0.6) is 0 Å². The number of hydrogen-bond donors (Lipinski definition) is 1. The number of carbonyl (C=O) groups excluding carboxylic acids is 1. The Bertz CT molecular complexity index is 1870. The first kappa shape index (κ1) is 38.9. The Morgan fingerprint density at radius 1 is 0.722 bits per heavy atom. The van der Waals surface area contributed by atoms with Gasteiger partial charge in [0.15, 0.2) is 0 Å². The average molecular weight is 727 g/mol. The lowest BCUT2D eigenvalue weighted by molar-refractivity contribution is -0.138. The summed E-state index contributed by atoms with van der Waals surface area (Å²) >= 11 is 0. The number of carbonyl (C=O) groups is 2. The lowest BCUT2D eigenvalue weighted by Gasteiger charge is -2.37. The third kappa shape index (κ3) is 8.13. The summed E-state index contributed by atoms with van der Waals surface area (Å²) in [4.78, 5) is 31.6. The molecule has 3 bridgehead atoms. The van der Waals surface area contributed by atoms with Crippen molar-refractivity contribution in [3.8, 4) is 0 Å². The summed E-state index contributed by atoms with van der Waals surface area (Å²) in [5, 5.41) is 10.8. The molecule has 4 unspecified atom stereocenters. The molecule has 3 aromatic rings. The summed E-state index contributed by atoms with van der Waals surface area (Å²) in [5.41, 5.74) is 10.6. The van der Waals surface area contributed by atoms with Gasteiger partial charge in [-0.15, -0.1) is 0 Å². The van der Waals surface area contributed by atoms with E-state index in [-0.39, 0.29) is 17.1 Å². The minimum atomic E-state index is -1.05. The third-order valence-corrected chi connectivity index (χ3v) is 12.6. The van der Waals surface area contributed by atoms with E-state index < -0.39 is 11.9 Å². The first-order valence-electron chi connectivity index (χ1n) is 20.1. The van der Waals surface area contributed by atoms with Crippen LogP contribution < -0.4 is 9.80 Å². The third-order valence-electron chi connectivity index (χ3n) is 12.6. The number of allylic oxidation sites excluding steroid dienone is 1. The highest BCUT2D eigenvalue weighted by Crippen LogP contribution is 2.58. The number of esters is 1. The minimum absolute atomic E-state index is 0.141. The molecule has 6 rings (SSSR count). The van der Waals surface area contributed by atoms with Crippen molar-refractivity contribution in [3.63, 3.8) is 0 Å². The maximum Gasteiger partial charge on any atom is 0.338 e. The SMILES string of the molecule is CCN(CC)c1ccc(/C=C/c2cc(/C=C/c3ccc(N(CC)CC)cc3)c(C)c(/C=C(C(=O)OC)\C(C(=O)O)=C3/CC4CC5CC3CC4C5)c2C)cc1. The van der Waals surface area contributed by atoms with Crippen molar-refractivity contribution in [1.82, 2.24) is 0 Å². The topological polar surface area (TPSA) is 70.1 Å². The van der Waals surface area contributed by atoms with Gasteiger partial charge in [-0.1, -0.05) is 54.1 Å². The van der Waals surface area contributed by atoms with Crippen LogP contribution in [0.25, 0.3) is 30.4 Å². The Labute approximate surface area is 322 Å². The zero-order chi connectivity index (χ0) is 38.5. The molecule has 3 aromatic carbocycles. The van der Waals surface area contributed by atoms with Crippen molar-refractivity contribution in [1.29, 1.82) is 0 Å². The summed E-state index contributed by atoms with van der Waals surface area (Å²) in [6.07, 6.45) is 15.5. The van der Waals surface area contributed by atoms with Crippen LogP contribution in [0.2, 0.25) is 0 Å². The Hall–Kier alpha value is -4.84. The molecule has 0 heterocycles. The van der Waals surface area contributed by atoms with Crippen molar-refractivity contribution >= 4 is 53.7 Å². The fourth-order valence-corrected chi connectivity index (χ4v) is 9.57. The summed E-state index contributed by atoms with van der Waals surface area (Å²) < 4.78 is 5.34. The van der Waals surface area contributed by atoms with Crippen LogP contribution in [0.3, 0.4) is 0 Å². The van der Waals surface area contributed by atoms with Crippen LogP contribution in [-0.2, 0) is 14.3 Å².